The van der Waals surface area contributed by atoms with Gasteiger partial charge < -0.3 is 9.84 Å². The van der Waals surface area contributed by atoms with Crippen LogP contribution in [-0.2, 0) is 10.3 Å². The number of hydrogen-bond acceptors (Lipinski definition) is 3. The van der Waals surface area contributed by atoms with Gasteiger partial charge in [-0.2, -0.15) is 0 Å². The summed E-state index contributed by atoms with van der Waals surface area (Å²) in [4.78, 5) is 4.02. The molecule has 0 saturated carbocycles. The largest absolute Gasteiger partial charge is 0.384 e. The fourth-order valence-corrected chi connectivity index (χ4v) is 2.63. The topological polar surface area (TPSA) is 42.4 Å². The van der Waals surface area contributed by atoms with Gasteiger partial charge in [0.05, 0.1) is 18.0 Å². The second kappa shape index (κ2) is 6.44. The molecule has 0 radical (unpaired) electrons. The maximum atomic E-state index is 12.9. The van der Waals surface area contributed by atoms with Crippen molar-refractivity contribution in [2.45, 2.75) is 57.2 Å². The molecule has 0 spiro atoms. The minimum Gasteiger partial charge on any atom is -0.384 e. The predicted molar refractivity (Wildman–Crippen MR) is 71.2 cm³/mol. The van der Waals surface area contributed by atoms with E-state index >= 15 is 0 Å². The summed E-state index contributed by atoms with van der Waals surface area (Å²) in [6.45, 7) is 2.79. The van der Waals surface area contributed by atoms with E-state index in [2.05, 4.69) is 4.98 Å². The molecule has 1 aliphatic heterocycles. The third-order valence-corrected chi connectivity index (χ3v) is 3.93. The molecule has 1 aliphatic rings. The molecule has 1 aromatic heterocycles. The van der Waals surface area contributed by atoms with Crippen molar-refractivity contribution in [3.8, 4) is 0 Å². The van der Waals surface area contributed by atoms with E-state index in [9.17, 15) is 9.50 Å². The summed E-state index contributed by atoms with van der Waals surface area (Å²) in [7, 11) is 0. The van der Waals surface area contributed by atoms with E-state index in [-0.39, 0.29) is 5.82 Å². The minimum atomic E-state index is -0.952. The van der Waals surface area contributed by atoms with Crippen LogP contribution in [-0.4, -0.2) is 22.8 Å². The van der Waals surface area contributed by atoms with Crippen molar-refractivity contribution >= 4 is 0 Å². The molecule has 0 aliphatic carbocycles. The first-order valence-corrected chi connectivity index (χ1v) is 7.10. The van der Waals surface area contributed by atoms with Crippen molar-refractivity contribution in [2.24, 2.45) is 0 Å². The van der Waals surface area contributed by atoms with E-state index in [0.29, 0.717) is 24.6 Å². The van der Waals surface area contributed by atoms with E-state index in [4.69, 9.17) is 4.74 Å². The van der Waals surface area contributed by atoms with Gasteiger partial charge in [0, 0.05) is 6.61 Å². The van der Waals surface area contributed by atoms with Crippen molar-refractivity contribution in [2.75, 3.05) is 6.61 Å². The lowest BCUT2D eigenvalue weighted by atomic mass is 9.89. The highest BCUT2D eigenvalue weighted by Gasteiger charge is 2.29. The van der Waals surface area contributed by atoms with Crippen LogP contribution in [0.4, 0.5) is 4.39 Å². The highest BCUT2D eigenvalue weighted by molar-refractivity contribution is 5.13. The van der Waals surface area contributed by atoms with Gasteiger partial charge in [0.25, 0.3) is 0 Å². The Kier molecular flexibility index (Phi) is 4.88. The summed E-state index contributed by atoms with van der Waals surface area (Å²) in [5, 5.41) is 10.6. The first-order valence-electron chi connectivity index (χ1n) is 7.10. The molecule has 1 saturated heterocycles. The first kappa shape index (κ1) is 14.4. The Bertz CT molecular complexity index is 390. The van der Waals surface area contributed by atoms with Crippen LogP contribution in [0.1, 0.15) is 51.1 Å². The fraction of sp³-hybridized carbons (Fsp3) is 0.667. The SMILES string of the molecule is CCC(O)(CCCC1CCCO1)c1ccc(F)cn1. The normalized spacial score (nSPS) is 22.4. The highest BCUT2D eigenvalue weighted by Crippen LogP contribution is 2.30. The molecule has 3 nitrogen and oxygen atoms in total. The third kappa shape index (κ3) is 3.74. The van der Waals surface area contributed by atoms with Gasteiger partial charge in [-0.25, -0.2) is 4.39 Å². The average molecular weight is 267 g/mol. The van der Waals surface area contributed by atoms with Gasteiger partial charge in [0.2, 0.25) is 0 Å². The van der Waals surface area contributed by atoms with E-state index in [1.807, 2.05) is 6.92 Å². The van der Waals surface area contributed by atoms with E-state index in [0.717, 1.165) is 38.5 Å². The molecule has 0 bridgehead atoms. The number of aromatic nitrogens is 1. The molecule has 106 valence electrons. The van der Waals surface area contributed by atoms with Crippen molar-refractivity contribution in [1.82, 2.24) is 4.98 Å². The Morgan fingerprint density at radius 1 is 1.53 bits per heavy atom. The second-order valence-corrected chi connectivity index (χ2v) is 5.27. The van der Waals surface area contributed by atoms with Crippen molar-refractivity contribution < 1.29 is 14.2 Å². The first-order chi connectivity index (χ1) is 9.14. The molecule has 0 aromatic carbocycles. The van der Waals surface area contributed by atoms with E-state index < -0.39 is 5.60 Å². The van der Waals surface area contributed by atoms with Crippen LogP contribution < -0.4 is 0 Å². The minimum absolute atomic E-state index is 0.349. The van der Waals surface area contributed by atoms with Crippen LogP contribution >= 0.6 is 0 Å². The second-order valence-electron chi connectivity index (χ2n) is 5.27. The maximum absolute atomic E-state index is 12.9. The number of aliphatic hydroxyl groups is 1. The summed E-state index contributed by atoms with van der Waals surface area (Å²) >= 11 is 0. The van der Waals surface area contributed by atoms with Gasteiger partial charge in [-0.05, 0) is 50.7 Å². The van der Waals surface area contributed by atoms with E-state index in [1.165, 1.54) is 6.07 Å². The Hall–Kier alpha value is -1.00. The lowest BCUT2D eigenvalue weighted by Crippen LogP contribution is -2.26. The molecule has 1 fully saturated rings. The highest BCUT2D eigenvalue weighted by atomic mass is 19.1. The number of halogens is 1. The molecule has 1 aromatic rings. The van der Waals surface area contributed by atoms with E-state index in [1.54, 1.807) is 6.07 Å². The van der Waals surface area contributed by atoms with Crippen LogP contribution in [0.2, 0.25) is 0 Å². The molecular formula is C15H22FNO2. The Labute approximate surface area is 113 Å². The van der Waals surface area contributed by atoms with Crippen molar-refractivity contribution in [1.29, 1.82) is 0 Å². The Morgan fingerprint density at radius 2 is 2.37 bits per heavy atom. The lowest BCUT2D eigenvalue weighted by molar-refractivity contribution is 0.0114. The van der Waals surface area contributed by atoms with Gasteiger partial charge >= 0.3 is 0 Å². The number of hydrogen-bond donors (Lipinski definition) is 1. The van der Waals surface area contributed by atoms with Crippen LogP contribution in [0.3, 0.4) is 0 Å². The zero-order valence-electron chi connectivity index (χ0n) is 11.4. The van der Waals surface area contributed by atoms with Crippen LogP contribution in [0.15, 0.2) is 18.3 Å². The summed E-state index contributed by atoms with van der Waals surface area (Å²) in [5.41, 5.74) is -0.393. The number of ether oxygens (including phenoxy) is 1. The van der Waals surface area contributed by atoms with Crippen LogP contribution in [0, 0.1) is 5.82 Å². The maximum Gasteiger partial charge on any atom is 0.141 e. The monoisotopic (exact) mass is 267 g/mol. The van der Waals surface area contributed by atoms with Crippen molar-refractivity contribution in [3.05, 3.63) is 29.8 Å². The molecule has 1 N–H and O–H groups in total. The summed E-state index contributed by atoms with van der Waals surface area (Å²) in [6, 6.07) is 2.92. The lowest BCUT2D eigenvalue weighted by Gasteiger charge is -2.26. The molecule has 4 heteroatoms. The number of nitrogens with zero attached hydrogens (tertiary/aromatic N) is 1. The van der Waals surface area contributed by atoms with Gasteiger partial charge in [-0.15, -0.1) is 0 Å². The summed E-state index contributed by atoms with van der Waals surface area (Å²) in [5.74, 6) is -0.374. The molecule has 2 rings (SSSR count). The quantitative estimate of drug-likeness (QED) is 0.860. The van der Waals surface area contributed by atoms with Gasteiger partial charge in [-0.1, -0.05) is 6.92 Å². The zero-order chi connectivity index (χ0) is 13.7. The van der Waals surface area contributed by atoms with Crippen LogP contribution in [0.5, 0.6) is 0 Å². The standard InChI is InChI=1S/C15H22FNO2/c1-2-15(18,14-8-7-12(16)11-17-14)9-3-5-13-6-4-10-19-13/h7-8,11,13,18H,2-6,9-10H2,1H3. The fourth-order valence-electron chi connectivity index (χ4n) is 2.63. The van der Waals surface area contributed by atoms with Crippen molar-refractivity contribution in [3.63, 3.8) is 0 Å². The molecule has 19 heavy (non-hydrogen) atoms. The van der Waals surface area contributed by atoms with Gasteiger partial charge in [-0.3, -0.25) is 4.98 Å². The summed E-state index contributed by atoms with van der Waals surface area (Å²) < 4.78 is 18.5. The summed E-state index contributed by atoms with van der Waals surface area (Å²) in [6.07, 6.45) is 6.87. The molecular weight excluding hydrogens is 245 g/mol. The number of pyridine rings is 1. The number of rotatable bonds is 6. The molecule has 0 amide bonds. The Balaban J connectivity index is 1.91. The van der Waals surface area contributed by atoms with Gasteiger partial charge in [0.1, 0.15) is 11.4 Å². The molecule has 2 atom stereocenters. The van der Waals surface area contributed by atoms with Gasteiger partial charge in [0.15, 0.2) is 0 Å². The zero-order valence-corrected chi connectivity index (χ0v) is 11.4. The Morgan fingerprint density at radius 3 is 2.95 bits per heavy atom. The molecule has 2 heterocycles. The smallest absolute Gasteiger partial charge is 0.141 e. The predicted octanol–water partition coefficient (Wildman–Crippen LogP) is 3.17. The molecule has 2 unspecified atom stereocenters. The third-order valence-electron chi connectivity index (χ3n) is 3.93. The average Bonchev–Trinajstić information content (AvgIpc) is 2.92. The van der Waals surface area contributed by atoms with Crippen LogP contribution in [0.25, 0.3) is 0 Å².